The highest BCUT2D eigenvalue weighted by Gasteiger charge is 2.35. The van der Waals surface area contributed by atoms with Crippen LogP contribution in [0.25, 0.3) is 0 Å². The van der Waals surface area contributed by atoms with E-state index in [0.29, 0.717) is 49.5 Å². The Labute approximate surface area is 409 Å². The van der Waals surface area contributed by atoms with E-state index in [2.05, 4.69) is 66.0 Å². The fraction of sp³-hybridized carbons (Fsp3) is 0.691. The lowest BCUT2D eigenvalue weighted by Gasteiger charge is -2.35. The second-order valence-electron chi connectivity index (χ2n) is 18.3. The molecule has 0 bridgehead atoms. The molecule has 1 aromatic carbocycles. The van der Waals surface area contributed by atoms with Gasteiger partial charge in [0.05, 0.1) is 58.9 Å². The molecule has 1 aliphatic heterocycles. The molecule has 1 heterocycles. The summed E-state index contributed by atoms with van der Waals surface area (Å²) >= 11 is 0. The van der Waals surface area contributed by atoms with Crippen molar-refractivity contribution >= 4 is 29.6 Å². The third-order valence-corrected chi connectivity index (χ3v) is 12.3. The van der Waals surface area contributed by atoms with Gasteiger partial charge in [0.2, 0.25) is 5.91 Å². The van der Waals surface area contributed by atoms with E-state index in [9.17, 15) is 24.0 Å². The zero-order chi connectivity index (χ0) is 50.8. The van der Waals surface area contributed by atoms with Crippen molar-refractivity contribution in [2.45, 2.75) is 148 Å². The maximum atomic E-state index is 12.4. The first kappa shape index (κ1) is 69.4. The van der Waals surface area contributed by atoms with Crippen LogP contribution in [0.1, 0.15) is 142 Å². The molecule has 0 aliphatic carbocycles. The molecule has 67 heavy (non-hydrogen) atoms. The number of carbonyl (C=O) groups excluding carboxylic acids is 5. The molecular weight excluding hydrogens is 851 g/mol. The molecule has 388 valence electrons. The number of rotatable bonds is 22. The van der Waals surface area contributed by atoms with E-state index < -0.39 is 11.6 Å². The largest absolute Gasteiger partial charge is 0.469 e. The van der Waals surface area contributed by atoms with Gasteiger partial charge in [0, 0.05) is 52.0 Å². The number of benzene rings is 1. The molecule has 12 heteroatoms. The van der Waals surface area contributed by atoms with Crippen LogP contribution < -0.4 is 0 Å². The van der Waals surface area contributed by atoms with Crippen LogP contribution in [0, 0.1) is 47.3 Å². The van der Waals surface area contributed by atoms with Crippen LogP contribution in [0.15, 0.2) is 66.8 Å². The lowest BCUT2D eigenvalue weighted by atomic mass is 9.78. The van der Waals surface area contributed by atoms with E-state index in [-0.39, 0.29) is 74.2 Å². The van der Waals surface area contributed by atoms with Crippen molar-refractivity contribution < 1.29 is 52.4 Å². The van der Waals surface area contributed by atoms with Crippen molar-refractivity contribution in [1.29, 1.82) is 0 Å². The number of amides is 1. The average molecular weight is 948 g/mol. The predicted molar refractivity (Wildman–Crippen MR) is 274 cm³/mol. The van der Waals surface area contributed by atoms with Crippen LogP contribution >= 0.6 is 0 Å². The standard InChI is InChI=1S/C15H21NO2.C13H22O3.C13H24O3.C12H22O3.2CH4/c1-5-16(12(4)17)14(15(18)11(2)3)13-9-7-6-8-10-13;1-9(2)10(3)12(7-13(14)15-4)11-5-6-16-8-11;1-9(2)10(3)11(8-12(14)15-6)13(4,5)16-7;1-8(2)9(3)11(10(4)14-5)7-12(13)15-6;;/h6-11,14H,5H2,1-4H3;9,11-12H,3,5-8H2,1-2,4H3;9,11H,3,8H2,1-2,4-7H3;8,10-11H,3,7H2,1-2,4-6H3;2*1H4. The summed E-state index contributed by atoms with van der Waals surface area (Å²) in [5.74, 6) is 1.02. The minimum Gasteiger partial charge on any atom is -0.469 e. The minimum absolute atomic E-state index is 0. The number of allylic oxidation sites excluding steroid dienone is 1. The molecule has 1 fully saturated rings. The fourth-order valence-electron chi connectivity index (χ4n) is 7.27. The Morgan fingerprint density at radius 2 is 1.16 bits per heavy atom. The van der Waals surface area contributed by atoms with Gasteiger partial charge in [-0.3, -0.25) is 24.0 Å². The normalized spacial score (nSPS) is 15.2. The quantitative estimate of drug-likeness (QED) is 0.0622. The van der Waals surface area contributed by atoms with Crippen molar-refractivity contribution in [3.63, 3.8) is 0 Å². The van der Waals surface area contributed by atoms with E-state index >= 15 is 0 Å². The van der Waals surface area contributed by atoms with Gasteiger partial charge in [-0.1, -0.05) is 137 Å². The van der Waals surface area contributed by atoms with E-state index in [1.165, 1.54) is 28.3 Å². The zero-order valence-electron chi connectivity index (χ0n) is 43.7. The van der Waals surface area contributed by atoms with Gasteiger partial charge < -0.3 is 33.3 Å². The van der Waals surface area contributed by atoms with Gasteiger partial charge in [0.25, 0.3) is 0 Å². The summed E-state index contributed by atoms with van der Waals surface area (Å²) in [5, 5.41) is 0. The number of hydrogen-bond acceptors (Lipinski definition) is 11. The monoisotopic (exact) mass is 948 g/mol. The van der Waals surface area contributed by atoms with Crippen LogP contribution in [-0.4, -0.2) is 102 Å². The number of Topliss-reactive ketones (excluding diaryl/α,β-unsaturated/α-hetero) is 1. The third kappa shape index (κ3) is 25.2. The highest BCUT2D eigenvalue weighted by molar-refractivity contribution is 5.90. The SMILES string of the molecule is C.C.C=C(C(C)C)C(CC(=O)OC)C(C)(C)OC.C=C(C(C)C)C(CC(=O)OC)C(C)OC.C=C(C(C)C)C(CC(=O)OC)C1CCOC1.CCN(C(C)=O)C(C(=O)C(C)C)c1ccccc1. The molecule has 1 aromatic rings. The highest BCUT2D eigenvalue weighted by atomic mass is 16.5. The number of methoxy groups -OCH3 is 5. The van der Waals surface area contributed by atoms with Gasteiger partial charge in [-0.15, -0.1) is 0 Å². The molecule has 2 rings (SSSR count). The van der Waals surface area contributed by atoms with Crippen molar-refractivity contribution in [1.82, 2.24) is 4.90 Å². The first-order valence-electron chi connectivity index (χ1n) is 23.0. The first-order valence-corrected chi connectivity index (χ1v) is 23.0. The molecule has 6 unspecified atom stereocenters. The Kier molecular flexibility index (Phi) is 37.2. The van der Waals surface area contributed by atoms with E-state index in [1.807, 2.05) is 71.9 Å². The maximum absolute atomic E-state index is 12.4. The van der Waals surface area contributed by atoms with Gasteiger partial charge >= 0.3 is 17.9 Å². The lowest BCUT2D eigenvalue weighted by molar-refractivity contribution is -0.144. The van der Waals surface area contributed by atoms with E-state index in [4.69, 9.17) is 23.7 Å². The molecule has 0 spiro atoms. The van der Waals surface area contributed by atoms with Gasteiger partial charge in [0.15, 0.2) is 5.78 Å². The van der Waals surface area contributed by atoms with Gasteiger partial charge in [-0.25, -0.2) is 0 Å². The Morgan fingerprint density at radius 1 is 0.701 bits per heavy atom. The molecule has 0 aromatic heterocycles. The third-order valence-electron chi connectivity index (χ3n) is 12.3. The van der Waals surface area contributed by atoms with Gasteiger partial charge in [-0.2, -0.15) is 0 Å². The number of esters is 3. The van der Waals surface area contributed by atoms with Gasteiger partial charge in [-0.05, 0) is 69.3 Å². The second kappa shape index (κ2) is 35.9. The van der Waals surface area contributed by atoms with Crippen LogP contribution in [-0.2, 0) is 52.4 Å². The molecule has 0 radical (unpaired) electrons. The number of hydrogen-bond donors (Lipinski definition) is 0. The number of nitrogens with zero attached hydrogens (tertiary/aromatic N) is 1. The Morgan fingerprint density at radius 3 is 1.52 bits per heavy atom. The van der Waals surface area contributed by atoms with Gasteiger partial charge in [0.1, 0.15) is 6.04 Å². The fourth-order valence-corrected chi connectivity index (χ4v) is 7.27. The van der Waals surface area contributed by atoms with Crippen molar-refractivity contribution in [3.8, 4) is 0 Å². The molecule has 1 saturated heterocycles. The zero-order valence-corrected chi connectivity index (χ0v) is 43.7. The first-order chi connectivity index (χ1) is 30.2. The number of ketones is 1. The summed E-state index contributed by atoms with van der Waals surface area (Å²) in [4.78, 5) is 59.7. The Bertz CT molecular complexity index is 1610. The summed E-state index contributed by atoms with van der Waals surface area (Å²) < 4.78 is 30.2. The molecule has 0 saturated carbocycles. The lowest BCUT2D eigenvalue weighted by Crippen LogP contribution is -2.39. The van der Waals surface area contributed by atoms with Crippen LogP contribution in [0.4, 0.5) is 0 Å². The van der Waals surface area contributed by atoms with E-state index in [1.54, 1.807) is 19.1 Å². The van der Waals surface area contributed by atoms with Crippen LogP contribution in [0.5, 0.6) is 0 Å². The molecule has 1 amide bonds. The Hall–Kier alpha value is -4.13. The summed E-state index contributed by atoms with van der Waals surface area (Å²) in [7, 11) is 7.52. The van der Waals surface area contributed by atoms with Crippen molar-refractivity contribution in [3.05, 3.63) is 72.4 Å². The van der Waals surface area contributed by atoms with Crippen LogP contribution in [0.2, 0.25) is 0 Å². The second-order valence-corrected chi connectivity index (χ2v) is 18.3. The molecule has 1 aliphatic rings. The average Bonchev–Trinajstić information content (AvgIpc) is 3.82. The minimum atomic E-state index is -0.464. The maximum Gasteiger partial charge on any atom is 0.306 e. The summed E-state index contributed by atoms with van der Waals surface area (Å²) in [5.41, 5.74) is 3.68. The molecule has 6 atom stereocenters. The number of ether oxygens (including phenoxy) is 6. The predicted octanol–water partition coefficient (Wildman–Crippen LogP) is 11.7. The summed E-state index contributed by atoms with van der Waals surface area (Å²) in [6.45, 7) is 39.8. The molecule has 0 N–H and O–H groups in total. The topological polar surface area (TPSA) is 144 Å². The van der Waals surface area contributed by atoms with Crippen LogP contribution in [0.3, 0.4) is 0 Å². The number of carbonyl (C=O) groups is 5. The number of likely N-dealkylation sites (N-methyl/N-ethyl adjacent to an activating group) is 1. The molecule has 12 nitrogen and oxygen atoms in total. The smallest absolute Gasteiger partial charge is 0.306 e. The van der Waals surface area contributed by atoms with Crippen molar-refractivity contribution in [2.24, 2.45) is 47.3 Å². The summed E-state index contributed by atoms with van der Waals surface area (Å²) in [6, 6.07) is 9.03. The molecular formula is C55H97NO11. The highest BCUT2D eigenvalue weighted by Crippen LogP contribution is 2.35. The summed E-state index contributed by atoms with van der Waals surface area (Å²) in [6.07, 6.45) is 2.09. The Balaban J connectivity index is -0.000000392. The van der Waals surface area contributed by atoms with Crippen molar-refractivity contribution in [2.75, 3.05) is 55.3 Å². The van der Waals surface area contributed by atoms with E-state index in [0.717, 1.165) is 41.9 Å².